The molecule has 1 unspecified atom stereocenters. The summed E-state index contributed by atoms with van der Waals surface area (Å²) in [5, 5.41) is 2.73. The number of carbonyl (C=O) groups is 2. The maximum Gasteiger partial charge on any atom is 0.412 e. The molecule has 1 rings (SSSR count). The molecule has 0 aromatic carbocycles. The monoisotopic (exact) mass is 284 g/mol. The molecule has 20 heavy (non-hydrogen) atoms. The van der Waals surface area contributed by atoms with Gasteiger partial charge in [0.05, 0.1) is 5.76 Å². The van der Waals surface area contributed by atoms with Gasteiger partial charge >= 0.3 is 12.2 Å². The average molecular weight is 284 g/mol. The summed E-state index contributed by atoms with van der Waals surface area (Å²) in [5.41, 5.74) is -0.518. The van der Waals surface area contributed by atoms with Gasteiger partial charge < -0.3 is 19.7 Å². The van der Waals surface area contributed by atoms with Gasteiger partial charge in [0.25, 0.3) is 0 Å². The summed E-state index contributed by atoms with van der Waals surface area (Å²) < 4.78 is 10.2. The van der Waals surface area contributed by atoms with Gasteiger partial charge in [-0.3, -0.25) is 0 Å². The number of nitrogens with zero attached hydrogens (tertiary/aromatic N) is 1. The molecular formula is C14H24N2O4. The van der Waals surface area contributed by atoms with Crippen LogP contribution < -0.4 is 5.32 Å². The van der Waals surface area contributed by atoms with Gasteiger partial charge in [0.1, 0.15) is 5.60 Å². The minimum absolute atomic E-state index is 0.122. The maximum absolute atomic E-state index is 12.0. The van der Waals surface area contributed by atoms with Crippen molar-refractivity contribution < 1.29 is 19.1 Å². The van der Waals surface area contributed by atoms with Gasteiger partial charge in [-0.15, -0.1) is 0 Å². The highest BCUT2D eigenvalue weighted by atomic mass is 16.6. The van der Waals surface area contributed by atoms with E-state index in [2.05, 4.69) is 11.9 Å². The van der Waals surface area contributed by atoms with E-state index in [1.54, 1.807) is 11.8 Å². The van der Waals surface area contributed by atoms with Crippen molar-refractivity contribution in [3.8, 4) is 0 Å². The third-order valence-corrected chi connectivity index (χ3v) is 2.66. The number of alkyl carbamates (subject to hydrolysis) is 1. The third-order valence-electron chi connectivity index (χ3n) is 2.66. The van der Waals surface area contributed by atoms with Crippen molar-refractivity contribution >= 4 is 12.2 Å². The molecule has 0 aromatic rings. The fourth-order valence-corrected chi connectivity index (χ4v) is 1.94. The molecule has 0 spiro atoms. The molecular weight excluding hydrogens is 260 g/mol. The molecule has 1 aliphatic rings. The highest BCUT2D eigenvalue weighted by molar-refractivity contribution is 5.70. The zero-order valence-corrected chi connectivity index (χ0v) is 12.7. The minimum Gasteiger partial charge on any atom is -0.444 e. The van der Waals surface area contributed by atoms with Gasteiger partial charge in [-0.05, 0) is 40.5 Å². The first-order valence-electron chi connectivity index (χ1n) is 6.79. The maximum atomic E-state index is 12.0. The van der Waals surface area contributed by atoms with Gasteiger partial charge in [0, 0.05) is 19.1 Å². The van der Waals surface area contributed by atoms with Crippen LogP contribution in [0.3, 0.4) is 0 Å². The molecule has 0 bridgehead atoms. The Bertz CT molecular complexity index is 387. The Morgan fingerprint density at radius 3 is 2.55 bits per heavy atom. The number of nitrogens with one attached hydrogen (secondary N) is 1. The SMILES string of the molecule is C=C(C)OC(=O)NC1CCCN(C(=O)OC(C)(C)C)C1. The zero-order valence-electron chi connectivity index (χ0n) is 12.7. The number of allylic oxidation sites excluding steroid dienone is 1. The predicted octanol–water partition coefficient (Wildman–Crippen LogP) is 2.65. The summed E-state index contributed by atoms with van der Waals surface area (Å²) in [6.07, 6.45) is 0.743. The molecule has 6 nitrogen and oxygen atoms in total. The largest absolute Gasteiger partial charge is 0.444 e. The molecule has 1 heterocycles. The first-order valence-corrected chi connectivity index (χ1v) is 6.79. The van der Waals surface area contributed by atoms with E-state index in [4.69, 9.17) is 9.47 Å². The molecule has 6 heteroatoms. The van der Waals surface area contributed by atoms with E-state index in [-0.39, 0.29) is 12.1 Å². The van der Waals surface area contributed by atoms with Crippen LogP contribution in [0.2, 0.25) is 0 Å². The van der Waals surface area contributed by atoms with Crippen LogP contribution in [0.4, 0.5) is 9.59 Å². The number of hydrogen-bond donors (Lipinski definition) is 1. The second kappa shape index (κ2) is 6.63. The van der Waals surface area contributed by atoms with Crippen molar-refractivity contribution in [1.82, 2.24) is 10.2 Å². The molecule has 0 radical (unpaired) electrons. The van der Waals surface area contributed by atoms with E-state index in [0.29, 0.717) is 18.8 Å². The van der Waals surface area contributed by atoms with Gasteiger partial charge in [0.15, 0.2) is 0 Å². The highest BCUT2D eigenvalue weighted by Crippen LogP contribution is 2.15. The Morgan fingerprint density at radius 1 is 1.35 bits per heavy atom. The van der Waals surface area contributed by atoms with Gasteiger partial charge in [-0.25, -0.2) is 9.59 Å². The highest BCUT2D eigenvalue weighted by Gasteiger charge is 2.28. The first-order chi connectivity index (χ1) is 9.17. The Labute approximate surface area is 120 Å². The van der Waals surface area contributed by atoms with Crippen LogP contribution in [0.25, 0.3) is 0 Å². The molecule has 0 aromatic heterocycles. The molecule has 1 N–H and O–H groups in total. The Balaban J connectivity index is 2.48. The summed E-state index contributed by atoms with van der Waals surface area (Å²) >= 11 is 0. The fraction of sp³-hybridized carbons (Fsp3) is 0.714. The summed E-state index contributed by atoms with van der Waals surface area (Å²) in [7, 11) is 0. The molecule has 2 amide bonds. The van der Waals surface area contributed by atoms with Crippen LogP contribution in [0, 0.1) is 0 Å². The van der Waals surface area contributed by atoms with Gasteiger partial charge in [0.2, 0.25) is 0 Å². The Hall–Kier alpha value is -1.72. The summed E-state index contributed by atoms with van der Waals surface area (Å²) in [4.78, 5) is 25.1. The summed E-state index contributed by atoms with van der Waals surface area (Å²) in [5.74, 6) is 0.335. The zero-order chi connectivity index (χ0) is 15.3. The lowest BCUT2D eigenvalue weighted by Crippen LogP contribution is -2.50. The van der Waals surface area contributed by atoms with Crippen LogP contribution in [0.5, 0.6) is 0 Å². The van der Waals surface area contributed by atoms with E-state index in [0.717, 1.165) is 12.8 Å². The molecule has 1 saturated heterocycles. The van der Waals surface area contributed by atoms with E-state index in [1.807, 2.05) is 20.8 Å². The molecule has 114 valence electrons. The smallest absolute Gasteiger partial charge is 0.412 e. The Morgan fingerprint density at radius 2 is 2.00 bits per heavy atom. The van der Waals surface area contributed by atoms with Gasteiger partial charge in [-0.2, -0.15) is 0 Å². The van der Waals surface area contributed by atoms with Crippen LogP contribution >= 0.6 is 0 Å². The van der Waals surface area contributed by atoms with E-state index in [1.165, 1.54) is 0 Å². The third kappa shape index (κ3) is 5.95. The van der Waals surface area contributed by atoms with Crippen molar-refractivity contribution in [2.24, 2.45) is 0 Å². The number of carbonyl (C=O) groups excluding carboxylic acids is 2. The van der Waals surface area contributed by atoms with Crippen molar-refractivity contribution in [2.75, 3.05) is 13.1 Å². The normalized spacial score (nSPS) is 19.2. The lowest BCUT2D eigenvalue weighted by atomic mass is 10.1. The fourth-order valence-electron chi connectivity index (χ4n) is 1.94. The van der Waals surface area contributed by atoms with E-state index in [9.17, 15) is 9.59 Å². The number of likely N-dealkylation sites (tertiary alicyclic amines) is 1. The molecule has 0 aliphatic carbocycles. The summed E-state index contributed by atoms with van der Waals surface area (Å²) in [6.45, 7) is 11.7. The molecule has 1 atom stereocenters. The lowest BCUT2D eigenvalue weighted by Gasteiger charge is -2.34. The number of amides is 2. The lowest BCUT2D eigenvalue weighted by molar-refractivity contribution is 0.0186. The second-order valence-electron chi connectivity index (χ2n) is 6.00. The van der Waals surface area contributed by atoms with Crippen molar-refractivity contribution in [3.63, 3.8) is 0 Å². The Kier molecular flexibility index (Phi) is 5.42. The van der Waals surface area contributed by atoms with E-state index >= 15 is 0 Å². The topological polar surface area (TPSA) is 67.9 Å². The standard InChI is InChI=1S/C14H24N2O4/c1-10(2)19-12(17)15-11-7-6-8-16(9-11)13(18)20-14(3,4)5/h11H,1,6-9H2,2-5H3,(H,15,17). The van der Waals surface area contributed by atoms with Crippen LogP contribution in [-0.4, -0.2) is 41.8 Å². The number of piperidine rings is 1. The van der Waals surface area contributed by atoms with Crippen LogP contribution in [-0.2, 0) is 9.47 Å². The quantitative estimate of drug-likeness (QED) is 0.792. The van der Waals surface area contributed by atoms with Crippen LogP contribution in [0.1, 0.15) is 40.5 Å². The van der Waals surface area contributed by atoms with Crippen molar-refractivity contribution in [2.45, 2.75) is 52.2 Å². The molecule has 0 saturated carbocycles. The van der Waals surface area contributed by atoms with Crippen molar-refractivity contribution in [3.05, 3.63) is 12.3 Å². The second-order valence-corrected chi connectivity index (χ2v) is 6.00. The first kappa shape index (κ1) is 16.3. The van der Waals surface area contributed by atoms with E-state index < -0.39 is 11.7 Å². The van der Waals surface area contributed by atoms with Crippen molar-refractivity contribution in [1.29, 1.82) is 0 Å². The summed E-state index contributed by atoms with van der Waals surface area (Å²) in [6, 6.07) is -0.122. The van der Waals surface area contributed by atoms with Crippen LogP contribution in [0.15, 0.2) is 12.3 Å². The molecule has 1 aliphatic heterocycles. The van der Waals surface area contributed by atoms with Gasteiger partial charge in [-0.1, -0.05) is 6.58 Å². The average Bonchev–Trinajstić information content (AvgIpc) is 2.25. The number of ether oxygens (including phenoxy) is 2. The minimum atomic E-state index is -0.534. The number of hydrogen-bond acceptors (Lipinski definition) is 4. The number of rotatable bonds is 2. The molecule has 1 fully saturated rings. The predicted molar refractivity (Wildman–Crippen MR) is 75.3 cm³/mol.